The number of hydrogen-bond acceptors (Lipinski definition) is 8. The molecule has 108 valence electrons. The third-order valence-electron chi connectivity index (χ3n) is 2.56. The van der Waals surface area contributed by atoms with E-state index < -0.39 is 0 Å². The van der Waals surface area contributed by atoms with Gasteiger partial charge >= 0.3 is 0 Å². The maximum atomic E-state index is 5.87. The molecule has 0 saturated heterocycles. The molecule has 0 amide bonds. The van der Waals surface area contributed by atoms with Gasteiger partial charge in [0.25, 0.3) is 5.95 Å². The van der Waals surface area contributed by atoms with E-state index in [1.165, 1.54) is 23.7 Å². The molecule has 0 saturated carbocycles. The Bertz CT molecular complexity index is 680. The first-order valence-corrected chi connectivity index (χ1v) is 6.54. The summed E-state index contributed by atoms with van der Waals surface area (Å²) in [4.78, 5) is 20.1. The fourth-order valence-corrected chi connectivity index (χ4v) is 1.80. The highest BCUT2D eigenvalue weighted by molar-refractivity contribution is 6.28. The van der Waals surface area contributed by atoms with Crippen LogP contribution in [0.4, 0.5) is 5.95 Å². The van der Waals surface area contributed by atoms with Crippen molar-refractivity contribution < 1.29 is 0 Å². The normalized spacial score (nSPS) is 10.7. The second kappa shape index (κ2) is 6.22. The van der Waals surface area contributed by atoms with Gasteiger partial charge in [-0.15, -0.1) is 0 Å². The van der Waals surface area contributed by atoms with Gasteiger partial charge in [-0.2, -0.15) is 29.8 Å². The predicted octanol–water partition coefficient (Wildman–Crippen LogP) is 0.268. The molecule has 3 aromatic heterocycles. The Balaban J connectivity index is 1.60. The van der Waals surface area contributed by atoms with Crippen LogP contribution in [0, 0.1) is 0 Å². The van der Waals surface area contributed by atoms with Gasteiger partial charge in [0.15, 0.2) is 0 Å². The monoisotopic (exact) mass is 306 g/mol. The number of aromatic nitrogens is 9. The van der Waals surface area contributed by atoms with Gasteiger partial charge in [0.05, 0.1) is 0 Å². The summed E-state index contributed by atoms with van der Waals surface area (Å²) in [5, 5.41) is 13.7. The van der Waals surface area contributed by atoms with Gasteiger partial charge in [-0.3, -0.25) is 5.10 Å². The molecule has 0 radical (unpaired) electrons. The Morgan fingerprint density at radius 1 is 1.24 bits per heavy atom. The topological polar surface area (TPSA) is 123 Å². The van der Waals surface area contributed by atoms with Crippen molar-refractivity contribution in [3.8, 4) is 5.95 Å². The lowest BCUT2D eigenvalue weighted by molar-refractivity contribution is 0.778. The van der Waals surface area contributed by atoms with E-state index in [9.17, 15) is 0 Å². The van der Waals surface area contributed by atoms with Gasteiger partial charge in [0.2, 0.25) is 11.2 Å². The van der Waals surface area contributed by atoms with Crippen LogP contribution in [0.2, 0.25) is 5.28 Å². The van der Waals surface area contributed by atoms with Crippen LogP contribution in [0.5, 0.6) is 0 Å². The van der Waals surface area contributed by atoms with Crippen LogP contribution in [0.15, 0.2) is 19.0 Å². The van der Waals surface area contributed by atoms with Crippen molar-refractivity contribution >= 4 is 17.5 Å². The Hall–Kier alpha value is -2.62. The second-order valence-electron chi connectivity index (χ2n) is 4.03. The highest BCUT2D eigenvalue weighted by Crippen LogP contribution is 2.08. The van der Waals surface area contributed by atoms with Gasteiger partial charge in [-0.05, 0) is 18.0 Å². The molecule has 21 heavy (non-hydrogen) atoms. The average molecular weight is 307 g/mol. The molecule has 3 rings (SSSR count). The third-order valence-corrected chi connectivity index (χ3v) is 2.73. The number of nitrogens with zero attached hydrogens (tertiary/aromatic N) is 8. The van der Waals surface area contributed by atoms with Crippen LogP contribution in [0.3, 0.4) is 0 Å². The summed E-state index contributed by atoms with van der Waals surface area (Å²) in [7, 11) is 0. The van der Waals surface area contributed by atoms with E-state index in [0.29, 0.717) is 18.4 Å². The summed E-state index contributed by atoms with van der Waals surface area (Å²) in [6, 6.07) is 0. The maximum Gasteiger partial charge on any atom is 0.258 e. The molecule has 2 N–H and O–H groups in total. The lowest BCUT2D eigenvalue weighted by Crippen LogP contribution is -2.11. The van der Waals surface area contributed by atoms with E-state index in [-0.39, 0.29) is 5.28 Å². The number of hydrogen-bond donors (Lipinski definition) is 2. The Kier molecular flexibility index (Phi) is 3.96. The fourth-order valence-electron chi connectivity index (χ4n) is 1.64. The molecule has 0 aliphatic heterocycles. The number of aromatic amines is 1. The molecule has 0 fully saturated rings. The molecular formula is C10H11ClN10. The highest BCUT2D eigenvalue weighted by Gasteiger charge is 2.07. The van der Waals surface area contributed by atoms with Crippen molar-refractivity contribution in [1.29, 1.82) is 0 Å². The molecule has 0 unspecified atom stereocenters. The zero-order valence-electron chi connectivity index (χ0n) is 10.8. The lowest BCUT2D eigenvalue weighted by atomic mass is 10.3. The van der Waals surface area contributed by atoms with E-state index in [4.69, 9.17) is 11.6 Å². The summed E-state index contributed by atoms with van der Waals surface area (Å²) in [6.07, 6.45) is 5.99. The Morgan fingerprint density at radius 2 is 2.19 bits per heavy atom. The molecular weight excluding hydrogens is 296 g/mol. The minimum absolute atomic E-state index is 0.0910. The molecule has 3 heterocycles. The van der Waals surface area contributed by atoms with Gasteiger partial charge in [0.1, 0.15) is 24.8 Å². The standard InChI is InChI=1S/C10H11ClN10/c11-8-17-9(13-3-1-2-7-14-5-15-20-7)19-10(18-8)21-6-12-4-16-21/h4-6H,1-3H2,(H,14,15,20)(H,13,17,18,19). The first-order chi connectivity index (χ1) is 10.3. The zero-order valence-corrected chi connectivity index (χ0v) is 11.6. The van der Waals surface area contributed by atoms with Crippen LogP contribution in [-0.4, -0.2) is 51.4 Å². The molecule has 11 heteroatoms. The number of nitrogens with one attached hydrogen (secondary N) is 2. The molecule has 0 aromatic carbocycles. The third kappa shape index (κ3) is 3.48. The number of aryl methyl sites for hydroxylation is 1. The first-order valence-electron chi connectivity index (χ1n) is 6.16. The van der Waals surface area contributed by atoms with E-state index in [1.54, 1.807) is 0 Å². The predicted molar refractivity (Wildman–Crippen MR) is 72.9 cm³/mol. The van der Waals surface area contributed by atoms with Crippen molar-refractivity contribution in [2.45, 2.75) is 12.8 Å². The van der Waals surface area contributed by atoms with Gasteiger partial charge < -0.3 is 5.32 Å². The number of H-pyrrole nitrogens is 1. The minimum atomic E-state index is 0.0910. The lowest BCUT2D eigenvalue weighted by Gasteiger charge is -2.05. The Labute approximate surface area is 124 Å². The maximum absolute atomic E-state index is 5.87. The molecule has 0 bridgehead atoms. The van der Waals surface area contributed by atoms with E-state index in [2.05, 4.69) is 45.5 Å². The van der Waals surface area contributed by atoms with Crippen LogP contribution in [-0.2, 0) is 6.42 Å². The van der Waals surface area contributed by atoms with Crippen molar-refractivity contribution in [3.05, 3.63) is 30.1 Å². The molecule has 0 aliphatic rings. The molecule has 0 spiro atoms. The minimum Gasteiger partial charge on any atom is -0.354 e. The van der Waals surface area contributed by atoms with Crippen LogP contribution in [0.25, 0.3) is 5.95 Å². The quantitative estimate of drug-likeness (QED) is 0.622. The molecule has 0 atom stereocenters. The SMILES string of the molecule is Clc1nc(NCCCc2ncn[nH]2)nc(-n2cncn2)n1. The summed E-state index contributed by atoms with van der Waals surface area (Å²) in [5.41, 5.74) is 0. The second-order valence-corrected chi connectivity index (χ2v) is 4.37. The van der Waals surface area contributed by atoms with E-state index >= 15 is 0 Å². The summed E-state index contributed by atoms with van der Waals surface area (Å²) < 4.78 is 1.41. The Morgan fingerprint density at radius 3 is 2.95 bits per heavy atom. The van der Waals surface area contributed by atoms with E-state index in [1.807, 2.05) is 0 Å². The van der Waals surface area contributed by atoms with Gasteiger partial charge in [-0.1, -0.05) is 0 Å². The summed E-state index contributed by atoms with van der Waals surface area (Å²) in [5.74, 6) is 1.54. The average Bonchev–Trinajstić information content (AvgIpc) is 3.16. The van der Waals surface area contributed by atoms with Crippen molar-refractivity contribution in [2.24, 2.45) is 0 Å². The van der Waals surface area contributed by atoms with E-state index in [0.717, 1.165) is 18.7 Å². The van der Waals surface area contributed by atoms with Crippen LogP contribution < -0.4 is 5.32 Å². The van der Waals surface area contributed by atoms with Crippen LogP contribution in [0.1, 0.15) is 12.2 Å². The van der Waals surface area contributed by atoms with Gasteiger partial charge in [0, 0.05) is 13.0 Å². The smallest absolute Gasteiger partial charge is 0.258 e. The van der Waals surface area contributed by atoms with Crippen molar-refractivity contribution in [1.82, 2.24) is 44.9 Å². The summed E-state index contributed by atoms with van der Waals surface area (Å²) in [6.45, 7) is 0.665. The van der Waals surface area contributed by atoms with Gasteiger partial charge in [-0.25, -0.2) is 9.97 Å². The number of halogens is 1. The number of anilines is 1. The summed E-state index contributed by atoms with van der Waals surface area (Å²) >= 11 is 5.87. The molecule has 0 aliphatic carbocycles. The van der Waals surface area contributed by atoms with Crippen molar-refractivity contribution in [2.75, 3.05) is 11.9 Å². The largest absolute Gasteiger partial charge is 0.354 e. The van der Waals surface area contributed by atoms with Crippen molar-refractivity contribution in [3.63, 3.8) is 0 Å². The van der Waals surface area contributed by atoms with Crippen LogP contribution >= 0.6 is 11.6 Å². The molecule has 3 aromatic rings. The highest BCUT2D eigenvalue weighted by atomic mass is 35.5. The first kappa shape index (κ1) is 13.4. The zero-order chi connectivity index (χ0) is 14.5. The fraction of sp³-hybridized carbons (Fsp3) is 0.300. The number of rotatable bonds is 6. The molecule has 10 nitrogen and oxygen atoms in total.